The van der Waals surface area contributed by atoms with Crippen LogP contribution in [0.5, 0.6) is 5.75 Å². The van der Waals surface area contributed by atoms with E-state index in [0.717, 1.165) is 5.69 Å². The average molecular weight is 369 g/mol. The van der Waals surface area contributed by atoms with E-state index in [1.54, 1.807) is 23.6 Å². The van der Waals surface area contributed by atoms with Crippen LogP contribution in [0.1, 0.15) is 10.7 Å². The van der Waals surface area contributed by atoms with E-state index in [4.69, 9.17) is 4.74 Å². The van der Waals surface area contributed by atoms with Gasteiger partial charge in [-0.2, -0.15) is 0 Å². The minimum Gasteiger partial charge on any atom is -0.480 e. The highest BCUT2D eigenvalue weighted by molar-refractivity contribution is 7.09. The predicted molar refractivity (Wildman–Crippen MR) is 98.3 cm³/mol. The number of rotatable bonds is 7. The zero-order chi connectivity index (χ0) is 18.4. The van der Waals surface area contributed by atoms with Crippen LogP contribution in [0.4, 0.5) is 11.4 Å². The van der Waals surface area contributed by atoms with Crippen LogP contribution < -0.4 is 10.1 Å². The molecule has 0 radical (unpaired) electrons. The Balaban J connectivity index is 1.57. The molecular weight excluding hydrogens is 354 g/mol. The van der Waals surface area contributed by atoms with Crippen LogP contribution in [-0.2, 0) is 17.8 Å². The first-order chi connectivity index (χ1) is 12.6. The first-order valence-electron chi connectivity index (χ1n) is 7.76. The summed E-state index contributed by atoms with van der Waals surface area (Å²) in [6.07, 6.45) is 0.158. The van der Waals surface area contributed by atoms with E-state index in [2.05, 4.69) is 10.3 Å². The molecule has 26 heavy (non-hydrogen) atoms. The number of hydrogen-bond donors (Lipinski definition) is 1. The molecule has 0 bridgehead atoms. The molecule has 132 valence electrons. The van der Waals surface area contributed by atoms with Gasteiger partial charge in [-0.1, -0.05) is 30.3 Å². The van der Waals surface area contributed by atoms with Crippen molar-refractivity contribution in [3.8, 4) is 5.75 Å². The molecule has 0 spiro atoms. The largest absolute Gasteiger partial charge is 0.480 e. The summed E-state index contributed by atoms with van der Waals surface area (Å²) in [5, 5.41) is 16.2. The van der Waals surface area contributed by atoms with E-state index in [1.165, 1.54) is 17.4 Å². The molecule has 1 N–H and O–H groups in total. The smallest absolute Gasteiger partial charge is 0.310 e. The predicted octanol–water partition coefficient (Wildman–Crippen LogP) is 3.81. The van der Waals surface area contributed by atoms with E-state index in [0.29, 0.717) is 10.7 Å². The van der Waals surface area contributed by atoms with Gasteiger partial charge in [-0.05, 0) is 18.2 Å². The van der Waals surface area contributed by atoms with Gasteiger partial charge in [-0.25, -0.2) is 4.98 Å². The van der Waals surface area contributed by atoms with Crippen molar-refractivity contribution in [1.29, 1.82) is 0 Å². The molecule has 1 aromatic heterocycles. The minimum atomic E-state index is -0.490. The summed E-state index contributed by atoms with van der Waals surface area (Å²) < 4.78 is 5.50. The molecule has 1 heterocycles. The lowest BCUT2D eigenvalue weighted by atomic mass is 10.3. The summed E-state index contributed by atoms with van der Waals surface area (Å²) in [6.45, 7) is 0.0989. The van der Waals surface area contributed by atoms with Gasteiger partial charge in [0, 0.05) is 17.1 Å². The van der Waals surface area contributed by atoms with Crippen LogP contribution in [0.25, 0.3) is 0 Å². The van der Waals surface area contributed by atoms with Crippen molar-refractivity contribution in [2.45, 2.75) is 13.0 Å². The van der Waals surface area contributed by atoms with Crippen LogP contribution in [0, 0.1) is 10.1 Å². The maximum Gasteiger partial charge on any atom is 0.310 e. The Morgan fingerprint density at radius 1 is 1.15 bits per heavy atom. The number of carbonyl (C=O) groups excluding carboxylic acids is 1. The number of nitrogens with one attached hydrogen (secondary N) is 1. The first kappa shape index (κ1) is 17.6. The van der Waals surface area contributed by atoms with E-state index in [9.17, 15) is 14.9 Å². The lowest BCUT2D eigenvalue weighted by Crippen LogP contribution is -2.14. The summed E-state index contributed by atoms with van der Waals surface area (Å²) in [4.78, 5) is 26.9. The van der Waals surface area contributed by atoms with Crippen molar-refractivity contribution in [3.63, 3.8) is 0 Å². The maximum absolute atomic E-state index is 12.0. The Kier molecular flexibility index (Phi) is 5.55. The quantitative estimate of drug-likeness (QED) is 0.505. The second-order valence-corrected chi connectivity index (χ2v) is 6.28. The van der Waals surface area contributed by atoms with Crippen molar-refractivity contribution in [1.82, 2.24) is 4.98 Å². The van der Waals surface area contributed by atoms with Gasteiger partial charge < -0.3 is 10.1 Å². The number of para-hydroxylation sites is 3. The van der Waals surface area contributed by atoms with Crippen molar-refractivity contribution >= 4 is 28.6 Å². The monoisotopic (exact) mass is 369 g/mol. The summed E-state index contributed by atoms with van der Waals surface area (Å²) in [5.41, 5.74) is 1.26. The number of thiazole rings is 1. The number of carbonyl (C=O) groups is 1. The van der Waals surface area contributed by atoms with Gasteiger partial charge in [0.1, 0.15) is 11.6 Å². The fourth-order valence-corrected chi connectivity index (χ4v) is 3.02. The van der Waals surface area contributed by atoms with Gasteiger partial charge in [0.2, 0.25) is 5.91 Å². The highest BCUT2D eigenvalue weighted by Gasteiger charge is 2.14. The summed E-state index contributed by atoms with van der Waals surface area (Å²) in [7, 11) is 0. The highest BCUT2D eigenvalue weighted by atomic mass is 32.1. The average Bonchev–Trinajstić information content (AvgIpc) is 3.08. The topological polar surface area (TPSA) is 94.4 Å². The standard InChI is InChI=1S/C18H15N3O4S/c22-17(19-13-6-2-1-3-7-13)10-18-20-14(12-26-18)11-25-16-9-5-4-8-15(16)21(23)24/h1-9,12H,10-11H2,(H,19,22). The fraction of sp³-hybridized carbons (Fsp3) is 0.111. The lowest BCUT2D eigenvalue weighted by Gasteiger charge is -2.04. The minimum absolute atomic E-state index is 0.0924. The van der Waals surface area contributed by atoms with E-state index < -0.39 is 4.92 Å². The number of aromatic nitrogens is 1. The third-order valence-electron chi connectivity index (χ3n) is 3.41. The van der Waals surface area contributed by atoms with Crippen molar-refractivity contribution in [3.05, 3.63) is 80.8 Å². The maximum atomic E-state index is 12.0. The molecule has 2 aromatic carbocycles. The summed E-state index contributed by atoms with van der Waals surface area (Å²) in [5.74, 6) is 0.0330. The van der Waals surface area contributed by atoms with Gasteiger partial charge in [-0.15, -0.1) is 11.3 Å². The number of nitro groups is 1. The first-order valence-corrected chi connectivity index (χ1v) is 8.64. The number of ether oxygens (including phenoxy) is 1. The molecule has 0 aliphatic heterocycles. The molecule has 0 fully saturated rings. The Bertz CT molecular complexity index is 912. The Labute approximate surface area is 153 Å². The third-order valence-corrected chi connectivity index (χ3v) is 4.30. The zero-order valence-electron chi connectivity index (χ0n) is 13.6. The SMILES string of the molecule is O=C(Cc1nc(COc2ccccc2[N+](=O)[O-])cs1)Nc1ccccc1. The Morgan fingerprint density at radius 3 is 2.65 bits per heavy atom. The van der Waals surface area contributed by atoms with Crippen LogP contribution in [0.15, 0.2) is 60.0 Å². The number of amides is 1. The number of anilines is 1. The molecule has 0 saturated carbocycles. The molecule has 3 rings (SSSR count). The normalized spacial score (nSPS) is 10.3. The molecular formula is C18H15N3O4S. The fourth-order valence-electron chi connectivity index (χ4n) is 2.24. The zero-order valence-corrected chi connectivity index (χ0v) is 14.4. The molecule has 7 nitrogen and oxygen atoms in total. The van der Waals surface area contributed by atoms with Crippen molar-refractivity contribution in [2.75, 3.05) is 5.32 Å². The van der Waals surface area contributed by atoms with Crippen LogP contribution in [-0.4, -0.2) is 15.8 Å². The Morgan fingerprint density at radius 2 is 1.88 bits per heavy atom. The number of benzene rings is 2. The van der Waals surface area contributed by atoms with Gasteiger partial charge in [-0.3, -0.25) is 14.9 Å². The van der Waals surface area contributed by atoms with Gasteiger partial charge >= 0.3 is 5.69 Å². The van der Waals surface area contributed by atoms with Gasteiger partial charge in [0.25, 0.3) is 0 Å². The molecule has 3 aromatic rings. The third kappa shape index (κ3) is 4.64. The molecule has 0 aliphatic carbocycles. The number of nitro benzene ring substituents is 1. The molecule has 1 amide bonds. The summed E-state index contributed by atoms with van der Waals surface area (Å²) in [6, 6.07) is 15.4. The second kappa shape index (κ2) is 8.21. The van der Waals surface area contributed by atoms with Gasteiger partial charge in [0.05, 0.1) is 17.0 Å². The molecule has 8 heteroatoms. The van der Waals surface area contributed by atoms with Crippen molar-refractivity contribution in [2.24, 2.45) is 0 Å². The highest BCUT2D eigenvalue weighted by Crippen LogP contribution is 2.26. The molecule has 0 unspecified atom stereocenters. The number of nitrogens with zero attached hydrogens (tertiary/aromatic N) is 2. The summed E-state index contributed by atoms with van der Waals surface area (Å²) >= 11 is 1.35. The van der Waals surface area contributed by atoms with Crippen molar-refractivity contribution < 1.29 is 14.5 Å². The van der Waals surface area contributed by atoms with E-state index in [1.807, 2.05) is 30.3 Å². The van der Waals surface area contributed by atoms with E-state index in [-0.39, 0.29) is 30.4 Å². The van der Waals surface area contributed by atoms with Gasteiger partial charge in [0.15, 0.2) is 5.75 Å². The van der Waals surface area contributed by atoms with Crippen LogP contribution >= 0.6 is 11.3 Å². The lowest BCUT2D eigenvalue weighted by molar-refractivity contribution is -0.385. The van der Waals surface area contributed by atoms with E-state index >= 15 is 0 Å². The van der Waals surface area contributed by atoms with Crippen LogP contribution in [0.2, 0.25) is 0 Å². The Hall–Kier alpha value is -3.26. The second-order valence-electron chi connectivity index (χ2n) is 5.34. The molecule has 0 atom stereocenters. The number of hydrogen-bond acceptors (Lipinski definition) is 6. The molecule has 0 saturated heterocycles. The molecule has 0 aliphatic rings. The van der Waals surface area contributed by atoms with Crippen LogP contribution in [0.3, 0.4) is 0 Å².